The van der Waals surface area contributed by atoms with Crippen LogP contribution in [0.4, 0.5) is 25.1 Å². The zero-order valence-corrected chi connectivity index (χ0v) is 11.7. The molecule has 3 heterocycles. The van der Waals surface area contributed by atoms with Crippen LogP contribution in [0.3, 0.4) is 0 Å². The van der Waals surface area contributed by atoms with Gasteiger partial charge >= 0.3 is 6.18 Å². The van der Waals surface area contributed by atoms with E-state index in [1.54, 1.807) is 17.2 Å². The largest absolute Gasteiger partial charge is 0.433 e. The predicted octanol–water partition coefficient (Wildman–Crippen LogP) is 1.78. The number of nitrogens with zero attached hydrogens (tertiary/aromatic N) is 5. The van der Waals surface area contributed by atoms with Crippen molar-refractivity contribution in [1.29, 1.82) is 0 Å². The second-order valence-corrected chi connectivity index (χ2v) is 5.13. The highest BCUT2D eigenvalue weighted by Crippen LogP contribution is 2.32. The lowest BCUT2D eigenvalue weighted by atomic mass is 9.96. The van der Waals surface area contributed by atoms with Crippen molar-refractivity contribution in [1.82, 2.24) is 19.9 Å². The number of nitrogen functional groups attached to an aromatic ring is 1. The average molecular weight is 310 g/mol. The van der Waals surface area contributed by atoms with Gasteiger partial charge in [0.2, 0.25) is 11.9 Å². The molecule has 0 radical (unpaired) electrons. The standard InChI is InChI=1S/C13H13F3N6/c1-7-4-10(13(14,15)16)21-12(19-7)22-5-8(6-22)9-2-3-18-11(17)20-9/h2-4,8H,5-6H2,1H3,(H2,17,18,20). The number of halogens is 3. The van der Waals surface area contributed by atoms with Crippen molar-refractivity contribution < 1.29 is 13.2 Å². The van der Waals surface area contributed by atoms with Crippen LogP contribution in [0.2, 0.25) is 0 Å². The summed E-state index contributed by atoms with van der Waals surface area (Å²) in [5.74, 6) is 0.358. The number of aryl methyl sites for hydroxylation is 1. The molecule has 1 aliphatic heterocycles. The molecule has 0 spiro atoms. The summed E-state index contributed by atoms with van der Waals surface area (Å²) < 4.78 is 38.3. The van der Waals surface area contributed by atoms with Gasteiger partial charge in [0, 0.05) is 30.9 Å². The molecule has 1 aliphatic rings. The van der Waals surface area contributed by atoms with Crippen molar-refractivity contribution in [2.45, 2.75) is 19.0 Å². The fourth-order valence-corrected chi connectivity index (χ4v) is 2.28. The van der Waals surface area contributed by atoms with E-state index in [9.17, 15) is 13.2 Å². The van der Waals surface area contributed by atoms with Crippen LogP contribution in [0, 0.1) is 6.92 Å². The van der Waals surface area contributed by atoms with E-state index in [0.717, 1.165) is 11.8 Å². The van der Waals surface area contributed by atoms with Crippen LogP contribution in [-0.2, 0) is 6.18 Å². The molecule has 0 atom stereocenters. The van der Waals surface area contributed by atoms with Gasteiger partial charge < -0.3 is 10.6 Å². The van der Waals surface area contributed by atoms with Gasteiger partial charge in [-0.15, -0.1) is 0 Å². The number of alkyl halides is 3. The molecule has 2 N–H and O–H groups in total. The van der Waals surface area contributed by atoms with Gasteiger partial charge in [-0.2, -0.15) is 13.2 Å². The van der Waals surface area contributed by atoms with Crippen molar-refractivity contribution in [3.05, 3.63) is 35.4 Å². The highest BCUT2D eigenvalue weighted by molar-refractivity contribution is 5.40. The Hall–Kier alpha value is -2.45. The normalized spacial score (nSPS) is 15.7. The van der Waals surface area contributed by atoms with Gasteiger partial charge in [0.05, 0.1) is 5.69 Å². The SMILES string of the molecule is Cc1cc(C(F)(F)F)nc(N2CC(c3ccnc(N)n3)C2)n1. The summed E-state index contributed by atoms with van der Waals surface area (Å²) in [6, 6.07) is 2.68. The number of aromatic nitrogens is 4. The summed E-state index contributed by atoms with van der Waals surface area (Å²) in [5.41, 5.74) is 5.65. The van der Waals surface area contributed by atoms with Crippen LogP contribution < -0.4 is 10.6 Å². The Balaban J connectivity index is 1.77. The molecular weight excluding hydrogens is 297 g/mol. The van der Waals surface area contributed by atoms with E-state index in [1.807, 2.05) is 0 Å². The molecule has 22 heavy (non-hydrogen) atoms. The molecule has 0 saturated carbocycles. The van der Waals surface area contributed by atoms with E-state index >= 15 is 0 Å². The van der Waals surface area contributed by atoms with E-state index in [0.29, 0.717) is 13.1 Å². The lowest BCUT2D eigenvalue weighted by Gasteiger charge is -2.39. The quantitative estimate of drug-likeness (QED) is 0.910. The smallest absolute Gasteiger partial charge is 0.368 e. The number of hydrogen-bond donors (Lipinski definition) is 1. The Morgan fingerprint density at radius 2 is 1.95 bits per heavy atom. The lowest BCUT2D eigenvalue weighted by molar-refractivity contribution is -0.141. The summed E-state index contributed by atoms with van der Waals surface area (Å²) in [5, 5.41) is 0. The second kappa shape index (κ2) is 5.08. The molecule has 0 unspecified atom stereocenters. The first-order valence-corrected chi connectivity index (χ1v) is 6.59. The van der Waals surface area contributed by atoms with Crippen LogP contribution in [-0.4, -0.2) is 33.0 Å². The second-order valence-electron chi connectivity index (χ2n) is 5.13. The monoisotopic (exact) mass is 310 g/mol. The zero-order chi connectivity index (χ0) is 15.9. The van der Waals surface area contributed by atoms with Crippen molar-refractivity contribution in [3.8, 4) is 0 Å². The molecule has 0 aromatic carbocycles. The number of nitrogens with two attached hydrogens (primary N) is 1. The number of rotatable bonds is 2. The molecule has 0 bridgehead atoms. The Bertz CT molecular complexity index is 696. The lowest BCUT2D eigenvalue weighted by Crippen LogP contribution is -2.46. The summed E-state index contributed by atoms with van der Waals surface area (Å²) in [6.45, 7) is 2.51. The molecule has 116 valence electrons. The Morgan fingerprint density at radius 3 is 2.59 bits per heavy atom. The highest BCUT2D eigenvalue weighted by atomic mass is 19.4. The van der Waals surface area contributed by atoms with Crippen LogP contribution in [0.15, 0.2) is 18.3 Å². The fraction of sp³-hybridized carbons (Fsp3) is 0.385. The van der Waals surface area contributed by atoms with Crippen molar-refractivity contribution >= 4 is 11.9 Å². The van der Waals surface area contributed by atoms with Crippen LogP contribution in [0.25, 0.3) is 0 Å². The Labute approximate surface area is 124 Å². The maximum atomic E-state index is 12.8. The first-order valence-electron chi connectivity index (χ1n) is 6.59. The third kappa shape index (κ3) is 2.78. The number of anilines is 2. The molecule has 6 nitrogen and oxygen atoms in total. The molecule has 1 saturated heterocycles. The summed E-state index contributed by atoms with van der Waals surface area (Å²) >= 11 is 0. The Morgan fingerprint density at radius 1 is 1.23 bits per heavy atom. The zero-order valence-electron chi connectivity index (χ0n) is 11.7. The number of hydrogen-bond acceptors (Lipinski definition) is 6. The van der Waals surface area contributed by atoms with Gasteiger partial charge in [0.1, 0.15) is 5.69 Å². The molecule has 2 aromatic rings. The molecule has 0 aliphatic carbocycles. The minimum absolute atomic E-state index is 0.0868. The van der Waals surface area contributed by atoms with Gasteiger partial charge in [-0.05, 0) is 19.1 Å². The van der Waals surface area contributed by atoms with E-state index in [4.69, 9.17) is 5.73 Å². The minimum Gasteiger partial charge on any atom is -0.368 e. The molecule has 2 aromatic heterocycles. The van der Waals surface area contributed by atoms with Crippen molar-refractivity contribution in [2.24, 2.45) is 0 Å². The maximum absolute atomic E-state index is 12.8. The first kappa shape index (κ1) is 14.5. The summed E-state index contributed by atoms with van der Waals surface area (Å²) in [4.78, 5) is 17.3. The highest BCUT2D eigenvalue weighted by Gasteiger charge is 2.36. The van der Waals surface area contributed by atoms with Crippen LogP contribution in [0.1, 0.15) is 23.0 Å². The predicted molar refractivity (Wildman–Crippen MR) is 73.2 cm³/mol. The molecule has 1 fully saturated rings. The molecule has 0 amide bonds. The fourth-order valence-electron chi connectivity index (χ4n) is 2.28. The van der Waals surface area contributed by atoms with Gasteiger partial charge in [0.25, 0.3) is 0 Å². The maximum Gasteiger partial charge on any atom is 0.433 e. The van der Waals surface area contributed by atoms with E-state index in [2.05, 4.69) is 19.9 Å². The molecule has 9 heteroatoms. The van der Waals surface area contributed by atoms with Crippen molar-refractivity contribution in [2.75, 3.05) is 23.7 Å². The van der Waals surface area contributed by atoms with E-state index in [1.165, 1.54) is 6.92 Å². The van der Waals surface area contributed by atoms with Gasteiger partial charge in [0.15, 0.2) is 0 Å². The van der Waals surface area contributed by atoms with Gasteiger partial charge in [-0.3, -0.25) is 0 Å². The van der Waals surface area contributed by atoms with Gasteiger partial charge in [-0.25, -0.2) is 19.9 Å². The van der Waals surface area contributed by atoms with Crippen LogP contribution in [0.5, 0.6) is 0 Å². The van der Waals surface area contributed by atoms with Gasteiger partial charge in [-0.1, -0.05) is 0 Å². The first-order chi connectivity index (χ1) is 10.3. The average Bonchev–Trinajstić information content (AvgIpc) is 2.35. The van der Waals surface area contributed by atoms with E-state index < -0.39 is 11.9 Å². The van der Waals surface area contributed by atoms with Crippen molar-refractivity contribution in [3.63, 3.8) is 0 Å². The third-order valence-electron chi connectivity index (χ3n) is 3.41. The molecule has 3 rings (SSSR count). The topological polar surface area (TPSA) is 80.8 Å². The summed E-state index contributed by atoms with van der Waals surface area (Å²) in [6.07, 6.45) is -2.92. The minimum atomic E-state index is -4.48. The Kier molecular flexibility index (Phi) is 3.34. The summed E-state index contributed by atoms with van der Waals surface area (Å²) in [7, 11) is 0. The van der Waals surface area contributed by atoms with E-state index in [-0.39, 0.29) is 23.5 Å². The molecular formula is C13H13F3N6. The third-order valence-corrected chi connectivity index (χ3v) is 3.41. The van der Waals surface area contributed by atoms with Crippen LogP contribution >= 0.6 is 0 Å².